The molecule has 0 fully saturated rings. The summed E-state index contributed by atoms with van der Waals surface area (Å²) in [6.45, 7) is 0. The van der Waals surface area contributed by atoms with Crippen LogP contribution in [0.15, 0.2) is 170 Å². The van der Waals surface area contributed by atoms with Crippen molar-refractivity contribution in [2.75, 3.05) is 0 Å². The molecule has 0 heterocycles. The molecule has 0 nitrogen and oxygen atoms in total. The van der Waals surface area contributed by atoms with Crippen molar-refractivity contribution in [3.8, 4) is 0 Å². The van der Waals surface area contributed by atoms with E-state index in [0.717, 1.165) is 12.3 Å². The van der Waals surface area contributed by atoms with Crippen LogP contribution in [0.25, 0.3) is 0 Å². The Labute approximate surface area is 309 Å². The zero-order chi connectivity index (χ0) is 31.2. The van der Waals surface area contributed by atoms with Crippen molar-refractivity contribution >= 4 is 76.1 Å². The Balaban J connectivity index is 0.000000216. The van der Waals surface area contributed by atoms with Crippen LogP contribution < -0.4 is 21.2 Å². The molecule has 0 aliphatic heterocycles. The number of hydrogen-bond acceptors (Lipinski definition) is 0. The number of hydrogen-bond donors (Lipinski definition) is 0. The first-order valence-electron chi connectivity index (χ1n) is 13.8. The Morgan fingerprint density at radius 2 is 0.614 bits per heavy atom. The quantitative estimate of drug-likeness (QED) is 0.0617. The Hall–Kier alpha value is -1.04. The Morgan fingerprint density at radius 3 is 0.841 bits per heavy atom. The average Bonchev–Trinajstić information content (AvgIpc) is 3.14. The topological polar surface area (TPSA) is 0 Å². The molecule has 0 atom stereocenters. The fourth-order valence-electron chi connectivity index (χ4n) is 4.49. The van der Waals surface area contributed by atoms with Crippen LogP contribution in [-0.2, 0) is 43.5 Å². The second-order valence-corrected chi connectivity index (χ2v) is 13.7. The fraction of sp³-hybridized carbons (Fsp3) is 0.0526. The predicted octanol–water partition coefficient (Wildman–Crippen LogP) is 10.0. The van der Waals surface area contributed by atoms with E-state index < -0.39 is 0 Å². The molecule has 6 aromatic carbocycles. The van der Waals surface area contributed by atoms with Crippen LogP contribution in [-0.4, -0.2) is 0 Å². The third kappa shape index (κ3) is 13.0. The molecule has 0 aromatic heterocycles. The van der Waals surface area contributed by atoms with Gasteiger partial charge in [0, 0.05) is 0 Å². The van der Waals surface area contributed by atoms with E-state index in [1.165, 1.54) is 32.3 Å². The van der Waals surface area contributed by atoms with Crippen LogP contribution in [0.3, 0.4) is 0 Å². The maximum atomic E-state index is 3.35. The Morgan fingerprint density at radius 1 is 0.364 bits per heavy atom. The van der Waals surface area contributed by atoms with E-state index >= 15 is 0 Å². The first kappa shape index (κ1) is 37.4. The van der Waals surface area contributed by atoms with Crippen LogP contribution in [0.1, 0.15) is 11.1 Å². The van der Waals surface area contributed by atoms with E-state index in [1.54, 1.807) is 0 Å². The molecule has 0 bridgehead atoms. The van der Waals surface area contributed by atoms with Crippen LogP contribution in [0.4, 0.5) is 0 Å². The summed E-state index contributed by atoms with van der Waals surface area (Å²) in [6, 6.07) is 66.5. The van der Waals surface area contributed by atoms with E-state index in [4.69, 9.17) is 0 Å². The van der Waals surface area contributed by atoms with E-state index in [9.17, 15) is 0 Å². The van der Waals surface area contributed by atoms with Gasteiger partial charge in [0.05, 0.1) is 0 Å². The van der Waals surface area contributed by atoms with Crippen molar-refractivity contribution in [2.24, 2.45) is 0 Å². The molecule has 0 unspecified atom stereocenters. The molecule has 0 spiro atoms. The van der Waals surface area contributed by atoms with Crippen LogP contribution in [0.5, 0.6) is 0 Å². The third-order valence-corrected chi connectivity index (χ3v) is 11.5. The molecule has 0 amide bonds. The molecule has 0 aliphatic carbocycles. The standard InChI is InChI=1S/2C19H16P.2HI.2Pd/c2*1-4-10-17(11-5-1)16-20(18-12-6-2-7-13-18)19-14-8-3-9-15-19;;;;/h2*1-10,12-15H,16H2;2*1H;;/q2*-1;;;2*+2/p-2. The maximum absolute atomic E-state index is 3.35. The van der Waals surface area contributed by atoms with Gasteiger partial charge in [-0.25, -0.2) is 0 Å². The average molecular weight is 1020 g/mol. The summed E-state index contributed by atoms with van der Waals surface area (Å²) < 4.78 is 0. The predicted molar refractivity (Wildman–Crippen MR) is 204 cm³/mol. The summed E-state index contributed by atoms with van der Waals surface area (Å²) in [4.78, 5) is 0. The first-order valence-corrected chi connectivity index (χ1v) is 26.1. The van der Waals surface area contributed by atoms with Crippen LogP contribution >= 0.6 is 54.9 Å². The number of halogens is 2. The van der Waals surface area contributed by atoms with Gasteiger partial charge in [0.25, 0.3) is 0 Å². The molecule has 6 heteroatoms. The van der Waals surface area contributed by atoms with Crippen molar-refractivity contribution < 1.29 is 31.2 Å². The van der Waals surface area contributed by atoms with Gasteiger partial charge in [-0.2, -0.15) is 71.8 Å². The van der Waals surface area contributed by atoms with E-state index in [1.807, 2.05) is 63.3 Å². The van der Waals surface area contributed by atoms with Crippen LogP contribution in [0.2, 0.25) is 0 Å². The monoisotopic (exact) mass is 1020 g/mol. The van der Waals surface area contributed by atoms with Gasteiger partial charge in [-0.15, -0.1) is 0 Å². The third-order valence-electron chi connectivity index (χ3n) is 6.48. The van der Waals surface area contributed by atoms with Gasteiger partial charge >= 0.3 is 70.2 Å². The first-order chi connectivity index (χ1) is 21.9. The van der Waals surface area contributed by atoms with Crippen molar-refractivity contribution in [3.05, 3.63) is 193 Å². The van der Waals surface area contributed by atoms with Crippen molar-refractivity contribution in [1.82, 2.24) is 0 Å². The van der Waals surface area contributed by atoms with Gasteiger partial charge in [0.1, 0.15) is 0 Å². The molecule has 0 saturated heterocycles. The van der Waals surface area contributed by atoms with Gasteiger partial charge in [-0.3, -0.25) is 0 Å². The minimum Gasteiger partial charge on any atom is -0.180 e. The molecular formula is C38H32I2P2Pd2. The zero-order valence-electron chi connectivity index (χ0n) is 23.9. The van der Waals surface area contributed by atoms with Crippen molar-refractivity contribution in [2.45, 2.75) is 12.3 Å². The van der Waals surface area contributed by atoms with Gasteiger partial charge in [-0.05, 0) is 49.4 Å². The fourth-order valence-corrected chi connectivity index (χ4v) is 9.02. The molecule has 6 rings (SSSR count). The second kappa shape index (κ2) is 23.3. The van der Waals surface area contributed by atoms with E-state index in [2.05, 4.69) is 189 Å². The minimum absolute atomic E-state index is 0.358. The molecule has 6 aromatic rings. The zero-order valence-corrected chi connectivity index (χ0v) is 33.1. The summed E-state index contributed by atoms with van der Waals surface area (Å²) in [5, 5.41) is 5.69. The summed E-state index contributed by atoms with van der Waals surface area (Å²) in [6.07, 6.45) is 2.09. The second-order valence-electron chi connectivity index (χ2n) is 9.29. The molecule has 0 radical (unpaired) electrons. The molecule has 0 saturated carbocycles. The summed E-state index contributed by atoms with van der Waals surface area (Å²) in [7, 11) is -0.717. The largest absolute Gasteiger partial charge is 0.180 e. The molecular weight excluding hydrogens is 985 g/mol. The normalized spacial score (nSPS) is 10.0. The van der Waals surface area contributed by atoms with E-state index in [0.29, 0.717) is 0 Å². The van der Waals surface area contributed by atoms with Gasteiger partial charge in [0.2, 0.25) is 0 Å². The molecule has 44 heavy (non-hydrogen) atoms. The Bertz CT molecular complexity index is 1330. The Kier molecular flexibility index (Phi) is 19.8. The summed E-state index contributed by atoms with van der Waals surface area (Å²) >= 11 is 9.44. The molecule has 0 N–H and O–H groups in total. The van der Waals surface area contributed by atoms with Crippen LogP contribution in [0, 0.1) is 12.1 Å². The number of benzene rings is 6. The summed E-state index contributed by atoms with van der Waals surface area (Å²) in [5.41, 5.74) is 2.57. The minimum atomic E-state index is -0.358. The van der Waals surface area contributed by atoms with Gasteiger partial charge in [0.15, 0.2) is 0 Å². The maximum Gasteiger partial charge on any atom is -0.0193 e. The van der Waals surface area contributed by atoms with E-state index in [-0.39, 0.29) is 15.8 Å². The van der Waals surface area contributed by atoms with Crippen molar-refractivity contribution in [1.29, 1.82) is 0 Å². The SMILES string of the molecule is [Pd+][I].[Pd+][I].[c-]1ccccc1CP(c1ccccc1)c1ccccc1.[c-]1ccccc1CP(c1ccccc1)c1ccccc1. The van der Waals surface area contributed by atoms with Gasteiger partial charge < -0.3 is 0 Å². The molecule has 0 aliphatic rings. The summed E-state index contributed by atoms with van der Waals surface area (Å²) in [5.74, 6) is 0. The molecule has 228 valence electrons. The van der Waals surface area contributed by atoms with Crippen molar-refractivity contribution in [3.63, 3.8) is 0 Å². The van der Waals surface area contributed by atoms with Gasteiger partial charge in [-0.1, -0.05) is 121 Å². The smallest absolute Gasteiger partial charge is 0.0193 e. The number of rotatable bonds is 8.